The number of carbonyl (C=O) groups is 1. The number of ketones is 1. The van der Waals surface area contributed by atoms with E-state index in [4.69, 9.17) is 4.74 Å². The lowest BCUT2D eigenvalue weighted by atomic mass is 10.0. The van der Waals surface area contributed by atoms with Crippen molar-refractivity contribution in [1.29, 1.82) is 0 Å². The Balaban J connectivity index is 1.92. The zero-order valence-corrected chi connectivity index (χ0v) is 13.5. The Morgan fingerprint density at radius 2 is 1.45 bits per heavy atom. The van der Waals surface area contributed by atoms with Crippen molar-refractivity contribution in [1.82, 2.24) is 0 Å². The summed E-state index contributed by atoms with van der Waals surface area (Å²) in [6.07, 6.45) is 4.87. The highest BCUT2D eigenvalue weighted by molar-refractivity contribution is 5.94. The lowest BCUT2D eigenvalue weighted by molar-refractivity contribution is 0.101. The quantitative estimate of drug-likeness (QED) is 0.474. The first-order valence-corrected chi connectivity index (χ1v) is 8.05. The predicted molar refractivity (Wildman–Crippen MR) is 91.5 cm³/mol. The molecule has 22 heavy (non-hydrogen) atoms. The van der Waals surface area contributed by atoms with Crippen molar-refractivity contribution in [2.24, 2.45) is 0 Å². The summed E-state index contributed by atoms with van der Waals surface area (Å²) in [4.78, 5) is 11.3. The van der Waals surface area contributed by atoms with E-state index in [2.05, 4.69) is 19.1 Å². The Hall–Kier alpha value is -2.09. The molecule has 2 heteroatoms. The Morgan fingerprint density at radius 3 is 2.00 bits per heavy atom. The van der Waals surface area contributed by atoms with Crippen LogP contribution in [-0.4, -0.2) is 12.4 Å². The molecule has 0 aliphatic carbocycles. The van der Waals surface area contributed by atoms with Crippen molar-refractivity contribution in [3.05, 3.63) is 54.1 Å². The van der Waals surface area contributed by atoms with Crippen LogP contribution < -0.4 is 4.74 Å². The summed E-state index contributed by atoms with van der Waals surface area (Å²) in [7, 11) is 0. The molecule has 2 aromatic carbocycles. The van der Waals surface area contributed by atoms with E-state index in [0.29, 0.717) is 0 Å². The van der Waals surface area contributed by atoms with E-state index in [-0.39, 0.29) is 5.78 Å². The molecule has 0 bridgehead atoms. The second-order valence-electron chi connectivity index (χ2n) is 5.57. The lowest BCUT2D eigenvalue weighted by Gasteiger charge is -2.07. The minimum Gasteiger partial charge on any atom is -0.494 e. The smallest absolute Gasteiger partial charge is 0.159 e. The number of hydrogen-bond acceptors (Lipinski definition) is 2. The van der Waals surface area contributed by atoms with E-state index in [1.807, 2.05) is 36.4 Å². The van der Waals surface area contributed by atoms with Gasteiger partial charge in [0, 0.05) is 5.56 Å². The maximum Gasteiger partial charge on any atom is 0.159 e. The summed E-state index contributed by atoms with van der Waals surface area (Å²) in [5, 5.41) is 0. The van der Waals surface area contributed by atoms with Crippen molar-refractivity contribution < 1.29 is 9.53 Å². The molecule has 0 N–H and O–H groups in total. The third kappa shape index (κ3) is 4.73. The molecule has 0 radical (unpaired) electrons. The average Bonchev–Trinajstić information content (AvgIpc) is 2.55. The number of rotatable bonds is 8. The average molecular weight is 296 g/mol. The van der Waals surface area contributed by atoms with Crippen molar-refractivity contribution in [3.63, 3.8) is 0 Å². The van der Waals surface area contributed by atoms with Crippen LogP contribution in [0, 0.1) is 0 Å². The van der Waals surface area contributed by atoms with E-state index < -0.39 is 0 Å². The minimum atomic E-state index is 0.0957. The van der Waals surface area contributed by atoms with Gasteiger partial charge < -0.3 is 4.74 Å². The number of ether oxygens (including phenoxy) is 1. The first-order valence-electron chi connectivity index (χ1n) is 8.05. The van der Waals surface area contributed by atoms with Gasteiger partial charge in [0.25, 0.3) is 0 Å². The van der Waals surface area contributed by atoms with Crippen LogP contribution >= 0.6 is 0 Å². The molecule has 0 spiro atoms. The first-order chi connectivity index (χ1) is 10.7. The number of hydrogen-bond donors (Lipinski definition) is 0. The fourth-order valence-electron chi connectivity index (χ4n) is 2.36. The lowest BCUT2D eigenvalue weighted by Crippen LogP contribution is -1.97. The molecule has 0 heterocycles. The van der Waals surface area contributed by atoms with Crippen molar-refractivity contribution in [2.45, 2.75) is 39.5 Å². The fourth-order valence-corrected chi connectivity index (χ4v) is 2.36. The van der Waals surface area contributed by atoms with Crippen LogP contribution in [0.25, 0.3) is 11.1 Å². The normalized spacial score (nSPS) is 10.5. The summed E-state index contributed by atoms with van der Waals surface area (Å²) in [6, 6.07) is 15.8. The molecule has 0 aromatic heterocycles. The summed E-state index contributed by atoms with van der Waals surface area (Å²) in [5.74, 6) is 1.01. The molecule has 0 amide bonds. The highest BCUT2D eigenvalue weighted by Gasteiger charge is 2.02. The van der Waals surface area contributed by atoms with Gasteiger partial charge in [-0.1, -0.05) is 62.6 Å². The first kappa shape index (κ1) is 16.3. The number of Topliss-reactive ketones (excluding diaryl/α,β-unsaturated/α-hetero) is 1. The Bertz CT molecular complexity index is 582. The zero-order valence-electron chi connectivity index (χ0n) is 13.5. The zero-order chi connectivity index (χ0) is 15.8. The fraction of sp³-hybridized carbons (Fsp3) is 0.350. The van der Waals surface area contributed by atoms with Crippen LogP contribution in [0.3, 0.4) is 0 Å². The van der Waals surface area contributed by atoms with Crippen molar-refractivity contribution in [2.75, 3.05) is 6.61 Å². The van der Waals surface area contributed by atoms with Crippen molar-refractivity contribution >= 4 is 5.78 Å². The van der Waals surface area contributed by atoms with Gasteiger partial charge >= 0.3 is 0 Å². The van der Waals surface area contributed by atoms with E-state index in [1.54, 1.807) is 6.92 Å². The van der Waals surface area contributed by atoms with Gasteiger partial charge in [-0.25, -0.2) is 0 Å². The number of benzene rings is 2. The van der Waals surface area contributed by atoms with Crippen molar-refractivity contribution in [3.8, 4) is 16.9 Å². The van der Waals surface area contributed by atoms with E-state index in [0.717, 1.165) is 35.5 Å². The van der Waals surface area contributed by atoms with Gasteiger partial charge in [-0.2, -0.15) is 0 Å². The molecule has 0 atom stereocenters. The molecule has 2 rings (SSSR count). The maximum atomic E-state index is 11.3. The third-order valence-electron chi connectivity index (χ3n) is 3.75. The molecule has 0 aliphatic rings. The van der Waals surface area contributed by atoms with E-state index in [1.165, 1.54) is 19.3 Å². The SMILES string of the molecule is CCCCCCOc1ccc(-c2ccc(C(C)=O)cc2)cc1. The second-order valence-corrected chi connectivity index (χ2v) is 5.57. The van der Waals surface area contributed by atoms with E-state index in [9.17, 15) is 4.79 Å². The molecule has 0 fully saturated rings. The maximum absolute atomic E-state index is 11.3. The Morgan fingerprint density at radius 1 is 0.864 bits per heavy atom. The van der Waals surface area contributed by atoms with Crippen LogP contribution in [0.15, 0.2) is 48.5 Å². The molecular formula is C20H24O2. The Kier molecular flexibility index (Phi) is 6.20. The summed E-state index contributed by atoms with van der Waals surface area (Å²) < 4.78 is 5.75. The standard InChI is InChI=1S/C20H24O2/c1-3-4-5-6-15-22-20-13-11-19(12-14-20)18-9-7-17(8-10-18)16(2)21/h7-14H,3-6,15H2,1-2H3. The van der Waals surface area contributed by atoms with Gasteiger partial charge in [-0.3, -0.25) is 4.79 Å². The van der Waals surface area contributed by atoms with E-state index >= 15 is 0 Å². The van der Waals surface area contributed by atoms with Gasteiger partial charge in [0.1, 0.15) is 5.75 Å². The number of unbranched alkanes of at least 4 members (excludes halogenated alkanes) is 3. The van der Waals surface area contributed by atoms with Crippen LogP contribution in [0.5, 0.6) is 5.75 Å². The molecule has 2 nitrogen and oxygen atoms in total. The molecule has 116 valence electrons. The van der Waals surface area contributed by atoms with Crippen LogP contribution in [-0.2, 0) is 0 Å². The monoisotopic (exact) mass is 296 g/mol. The van der Waals surface area contributed by atoms with Crippen LogP contribution in [0.2, 0.25) is 0 Å². The second kappa shape index (κ2) is 8.38. The minimum absolute atomic E-state index is 0.0957. The highest BCUT2D eigenvalue weighted by atomic mass is 16.5. The number of carbonyl (C=O) groups excluding carboxylic acids is 1. The molecular weight excluding hydrogens is 272 g/mol. The van der Waals surface area contributed by atoms with Gasteiger partial charge in [0.2, 0.25) is 0 Å². The molecule has 0 unspecified atom stereocenters. The molecule has 0 saturated carbocycles. The van der Waals surface area contributed by atoms with Gasteiger partial charge in [-0.05, 0) is 36.6 Å². The summed E-state index contributed by atoms with van der Waals surface area (Å²) in [6.45, 7) is 4.58. The topological polar surface area (TPSA) is 26.3 Å². The summed E-state index contributed by atoms with van der Waals surface area (Å²) >= 11 is 0. The van der Waals surface area contributed by atoms with Gasteiger partial charge in [0.05, 0.1) is 6.61 Å². The summed E-state index contributed by atoms with van der Waals surface area (Å²) in [5.41, 5.74) is 2.99. The Labute approximate surface area is 133 Å². The highest BCUT2D eigenvalue weighted by Crippen LogP contribution is 2.23. The molecule has 0 saturated heterocycles. The van der Waals surface area contributed by atoms with Gasteiger partial charge in [0.15, 0.2) is 5.78 Å². The van der Waals surface area contributed by atoms with Crippen LogP contribution in [0.4, 0.5) is 0 Å². The van der Waals surface area contributed by atoms with Crippen LogP contribution in [0.1, 0.15) is 49.9 Å². The largest absolute Gasteiger partial charge is 0.494 e. The molecule has 0 aliphatic heterocycles. The van der Waals surface area contributed by atoms with Gasteiger partial charge in [-0.15, -0.1) is 0 Å². The molecule has 2 aromatic rings. The third-order valence-corrected chi connectivity index (χ3v) is 3.75. The predicted octanol–water partition coefficient (Wildman–Crippen LogP) is 5.52.